The minimum Gasteiger partial charge on any atom is -0.391 e. The molecule has 1 rings (SSSR count). The quantitative estimate of drug-likeness (QED) is 0.753. The Labute approximate surface area is 129 Å². The van der Waals surface area contributed by atoms with Crippen LogP contribution in [-0.2, 0) is 13.6 Å². The zero-order valence-corrected chi connectivity index (χ0v) is 13.4. The van der Waals surface area contributed by atoms with Crippen LogP contribution in [0.4, 0.5) is 4.79 Å². The topological polar surface area (TPSA) is 66.3 Å². The van der Waals surface area contributed by atoms with Gasteiger partial charge in [-0.25, -0.2) is 4.79 Å². The molecule has 0 aliphatic carbocycles. The number of carbonyl (C=O) groups excluding carboxylic acids is 1. The van der Waals surface area contributed by atoms with Crippen molar-refractivity contribution in [2.75, 3.05) is 6.54 Å². The van der Waals surface area contributed by atoms with E-state index in [1.54, 1.807) is 17.7 Å². The highest BCUT2D eigenvalue weighted by molar-refractivity contribution is 6.41. The lowest BCUT2D eigenvalue weighted by atomic mass is 10.1. The van der Waals surface area contributed by atoms with E-state index in [9.17, 15) is 9.90 Å². The molecule has 0 spiro atoms. The molecule has 1 atom stereocenters. The summed E-state index contributed by atoms with van der Waals surface area (Å²) in [5.41, 5.74) is 0.804. The maximum Gasteiger partial charge on any atom is 0.315 e. The zero-order valence-electron chi connectivity index (χ0n) is 11.9. The van der Waals surface area contributed by atoms with E-state index in [0.29, 0.717) is 29.1 Å². The van der Waals surface area contributed by atoms with Gasteiger partial charge in [0.05, 0.1) is 17.7 Å². The van der Waals surface area contributed by atoms with E-state index < -0.39 is 6.10 Å². The van der Waals surface area contributed by atoms with Gasteiger partial charge in [0, 0.05) is 19.3 Å². The van der Waals surface area contributed by atoms with Crippen LogP contribution >= 0.6 is 23.2 Å². The summed E-state index contributed by atoms with van der Waals surface area (Å²) in [5, 5.41) is 15.9. The molecular formula is C13H21Cl2N3O2. The Balaban J connectivity index is 2.35. The summed E-state index contributed by atoms with van der Waals surface area (Å²) in [6, 6.07) is 1.37. The summed E-state index contributed by atoms with van der Waals surface area (Å²) in [5.74, 6) is 0.391. The molecule has 0 radical (unpaired) electrons. The molecule has 3 N–H and O–H groups in total. The van der Waals surface area contributed by atoms with E-state index in [-0.39, 0.29) is 12.6 Å². The third-order valence-electron chi connectivity index (χ3n) is 2.89. The number of hydrogen-bond donors (Lipinski definition) is 3. The van der Waals surface area contributed by atoms with Crippen molar-refractivity contribution in [1.82, 2.24) is 15.2 Å². The van der Waals surface area contributed by atoms with Crippen molar-refractivity contribution in [1.29, 1.82) is 0 Å². The van der Waals surface area contributed by atoms with Crippen molar-refractivity contribution in [3.63, 3.8) is 0 Å². The minimum absolute atomic E-state index is 0.235. The van der Waals surface area contributed by atoms with Crippen LogP contribution in [0, 0.1) is 5.92 Å². The number of carbonyl (C=O) groups is 1. The largest absolute Gasteiger partial charge is 0.391 e. The van der Waals surface area contributed by atoms with Crippen LogP contribution in [0.25, 0.3) is 0 Å². The number of aliphatic hydroxyl groups is 1. The Morgan fingerprint density at radius 2 is 2.05 bits per heavy atom. The lowest BCUT2D eigenvalue weighted by molar-refractivity contribution is 0.147. The Morgan fingerprint density at radius 3 is 2.55 bits per heavy atom. The van der Waals surface area contributed by atoms with Crippen LogP contribution in [0.5, 0.6) is 0 Å². The van der Waals surface area contributed by atoms with Crippen molar-refractivity contribution in [3.05, 3.63) is 21.9 Å². The number of aromatic nitrogens is 1. The van der Waals surface area contributed by atoms with Crippen molar-refractivity contribution in [2.45, 2.75) is 32.9 Å². The molecule has 1 heterocycles. The first-order valence-corrected chi connectivity index (χ1v) is 7.26. The molecule has 0 fully saturated rings. The van der Waals surface area contributed by atoms with E-state index in [2.05, 4.69) is 10.6 Å². The lowest BCUT2D eigenvalue weighted by Crippen LogP contribution is -2.39. The van der Waals surface area contributed by atoms with Crippen molar-refractivity contribution in [3.8, 4) is 0 Å². The summed E-state index contributed by atoms with van der Waals surface area (Å²) in [6.07, 6.45) is 0.128. The van der Waals surface area contributed by atoms with Gasteiger partial charge in [0.2, 0.25) is 0 Å². The van der Waals surface area contributed by atoms with Gasteiger partial charge in [-0.15, -0.1) is 0 Å². The molecule has 0 aromatic carbocycles. The molecule has 0 aliphatic heterocycles. The van der Waals surface area contributed by atoms with Gasteiger partial charge in [-0.1, -0.05) is 37.0 Å². The number of nitrogens with one attached hydrogen (secondary N) is 2. The fraction of sp³-hybridized carbons (Fsp3) is 0.615. The van der Waals surface area contributed by atoms with Crippen LogP contribution < -0.4 is 10.6 Å². The van der Waals surface area contributed by atoms with E-state index in [0.717, 1.165) is 5.69 Å². The first-order valence-electron chi connectivity index (χ1n) is 6.50. The normalized spacial score (nSPS) is 12.6. The van der Waals surface area contributed by atoms with E-state index in [1.807, 2.05) is 13.8 Å². The van der Waals surface area contributed by atoms with Gasteiger partial charge < -0.3 is 20.3 Å². The van der Waals surface area contributed by atoms with Crippen LogP contribution in [0.1, 0.15) is 26.0 Å². The van der Waals surface area contributed by atoms with E-state index >= 15 is 0 Å². The number of nitrogens with zero attached hydrogens (tertiary/aromatic N) is 1. The maximum atomic E-state index is 11.6. The third-order valence-corrected chi connectivity index (χ3v) is 3.73. The van der Waals surface area contributed by atoms with E-state index in [1.165, 1.54) is 0 Å². The Bertz CT molecular complexity index is 461. The second kappa shape index (κ2) is 7.76. The molecule has 114 valence electrons. The molecule has 0 saturated carbocycles. The molecular weight excluding hydrogens is 301 g/mol. The number of urea groups is 1. The second-order valence-corrected chi connectivity index (χ2v) is 5.95. The van der Waals surface area contributed by atoms with Crippen LogP contribution in [0.2, 0.25) is 10.2 Å². The average molecular weight is 322 g/mol. The predicted molar refractivity (Wildman–Crippen MR) is 81.1 cm³/mol. The molecule has 1 aromatic rings. The monoisotopic (exact) mass is 321 g/mol. The molecule has 0 saturated heterocycles. The van der Waals surface area contributed by atoms with Crippen LogP contribution in [-0.4, -0.2) is 28.4 Å². The zero-order chi connectivity index (χ0) is 15.3. The number of aliphatic hydroxyl groups excluding tert-OH is 1. The molecule has 7 heteroatoms. The first-order chi connectivity index (χ1) is 9.31. The summed E-state index contributed by atoms with van der Waals surface area (Å²) >= 11 is 11.8. The van der Waals surface area contributed by atoms with Gasteiger partial charge in [-0.3, -0.25) is 0 Å². The number of amides is 2. The predicted octanol–water partition coefficient (Wildman–Crippen LogP) is 2.54. The lowest BCUT2D eigenvalue weighted by Gasteiger charge is -2.14. The highest BCUT2D eigenvalue weighted by Crippen LogP contribution is 2.24. The molecule has 2 amide bonds. The Hall–Kier alpha value is -0.910. The number of hydrogen-bond acceptors (Lipinski definition) is 2. The van der Waals surface area contributed by atoms with Crippen molar-refractivity contribution >= 4 is 29.2 Å². The molecule has 1 aromatic heterocycles. The molecule has 1 unspecified atom stereocenters. The average Bonchev–Trinajstić information content (AvgIpc) is 2.60. The van der Waals surface area contributed by atoms with Crippen LogP contribution in [0.3, 0.4) is 0 Å². The fourth-order valence-electron chi connectivity index (χ4n) is 1.83. The van der Waals surface area contributed by atoms with Gasteiger partial charge >= 0.3 is 6.03 Å². The molecule has 0 bridgehead atoms. The summed E-state index contributed by atoms with van der Waals surface area (Å²) in [6.45, 7) is 4.59. The SMILES string of the molecule is CC(C)CC(O)CNC(=O)NCc1cc(Cl)c(Cl)n1C. The van der Waals surface area contributed by atoms with Crippen molar-refractivity contribution < 1.29 is 9.90 Å². The third kappa shape index (κ3) is 5.23. The van der Waals surface area contributed by atoms with Crippen molar-refractivity contribution in [2.24, 2.45) is 13.0 Å². The smallest absolute Gasteiger partial charge is 0.315 e. The standard InChI is InChI=1S/C13H21Cl2N3O2/c1-8(2)4-10(19)7-17-13(20)16-6-9-5-11(14)12(15)18(9)3/h5,8,10,19H,4,6-7H2,1-3H3,(H2,16,17,20). The summed E-state index contributed by atoms with van der Waals surface area (Å²) in [7, 11) is 1.77. The Kier molecular flexibility index (Phi) is 6.65. The van der Waals surface area contributed by atoms with Gasteiger partial charge in [0.1, 0.15) is 5.15 Å². The molecule has 20 heavy (non-hydrogen) atoms. The van der Waals surface area contributed by atoms with Gasteiger partial charge in [0.25, 0.3) is 0 Å². The number of halogens is 2. The highest BCUT2D eigenvalue weighted by Gasteiger charge is 2.11. The van der Waals surface area contributed by atoms with Gasteiger partial charge in [0.15, 0.2) is 0 Å². The summed E-state index contributed by atoms with van der Waals surface area (Å²) in [4.78, 5) is 11.6. The maximum absolute atomic E-state index is 11.6. The fourth-order valence-corrected chi connectivity index (χ4v) is 2.25. The second-order valence-electron chi connectivity index (χ2n) is 5.18. The Morgan fingerprint density at radius 1 is 1.40 bits per heavy atom. The molecule has 5 nitrogen and oxygen atoms in total. The van der Waals surface area contributed by atoms with Gasteiger partial charge in [-0.05, 0) is 18.4 Å². The number of rotatable bonds is 6. The van der Waals surface area contributed by atoms with Gasteiger partial charge in [-0.2, -0.15) is 0 Å². The highest BCUT2D eigenvalue weighted by atomic mass is 35.5. The molecule has 0 aliphatic rings. The summed E-state index contributed by atoms with van der Waals surface area (Å²) < 4.78 is 1.71. The van der Waals surface area contributed by atoms with E-state index in [4.69, 9.17) is 23.2 Å². The minimum atomic E-state index is -0.528. The first kappa shape index (κ1) is 17.1. The van der Waals surface area contributed by atoms with Crippen LogP contribution in [0.15, 0.2) is 6.07 Å².